The number of carbonyl (C=O) groups is 2. The fourth-order valence-electron chi connectivity index (χ4n) is 2.97. The molecule has 1 saturated heterocycles. The molecule has 1 aliphatic heterocycles. The first kappa shape index (κ1) is 17.1. The number of H-pyrrole nitrogens is 1. The molecule has 8 heteroatoms. The lowest BCUT2D eigenvalue weighted by Crippen LogP contribution is -2.50. The fraction of sp³-hybridized carbons (Fsp3) is 0.600. The maximum atomic E-state index is 12.5. The summed E-state index contributed by atoms with van der Waals surface area (Å²) < 4.78 is 5.00. The van der Waals surface area contributed by atoms with Crippen LogP contribution in [0.25, 0.3) is 0 Å². The van der Waals surface area contributed by atoms with E-state index in [1.54, 1.807) is 7.11 Å². The van der Waals surface area contributed by atoms with Crippen LogP contribution in [0.3, 0.4) is 0 Å². The van der Waals surface area contributed by atoms with E-state index in [1.165, 1.54) is 17.0 Å². The van der Waals surface area contributed by atoms with E-state index in [0.717, 1.165) is 0 Å². The Balaban J connectivity index is 2.14. The number of hydrogen-bond donors (Lipinski definition) is 2. The van der Waals surface area contributed by atoms with Crippen molar-refractivity contribution in [2.45, 2.75) is 25.7 Å². The molecule has 1 aromatic heterocycles. The first-order chi connectivity index (χ1) is 11.0. The second kappa shape index (κ2) is 7.36. The number of likely N-dealkylation sites (tertiary alicyclic amines) is 1. The summed E-state index contributed by atoms with van der Waals surface area (Å²) in [5.41, 5.74) is -1.23. The maximum absolute atomic E-state index is 12.5. The monoisotopic (exact) mass is 323 g/mol. The second-order valence-electron chi connectivity index (χ2n) is 5.82. The van der Waals surface area contributed by atoms with Crippen LogP contribution in [0.15, 0.2) is 16.9 Å². The van der Waals surface area contributed by atoms with Gasteiger partial charge >= 0.3 is 5.97 Å². The van der Waals surface area contributed by atoms with Crippen LogP contribution in [0.1, 0.15) is 36.2 Å². The van der Waals surface area contributed by atoms with Crippen molar-refractivity contribution in [2.75, 3.05) is 26.8 Å². The third kappa shape index (κ3) is 3.95. The van der Waals surface area contributed by atoms with E-state index in [1.807, 2.05) is 0 Å². The molecule has 0 bridgehead atoms. The molecular formula is C15H21N3O5. The molecule has 126 valence electrons. The van der Waals surface area contributed by atoms with Crippen LogP contribution in [0.5, 0.6) is 0 Å². The van der Waals surface area contributed by atoms with Gasteiger partial charge in [0.2, 0.25) is 0 Å². The summed E-state index contributed by atoms with van der Waals surface area (Å²) in [5.74, 6) is -1.25. The molecule has 0 aliphatic carbocycles. The van der Waals surface area contributed by atoms with Gasteiger partial charge in [0.25, 0.3) is 11.5 Å². The standard InChI is InChI=1S/C15H21N3O5/c1-23-9-3-7-15(14(21)22)6-2-8-18(10-15)13(20)11-4-5-12(19)17-16-11/h4-5H,2-3,6-10H2,1H3,(H,17,19)(H,21,22)/t15-/m0/s1. The lowest BCUT2D eigenvalue weighted by Gasteiger charge is -2.39. The molecule has 0 unspecified atom stereocenters. The average molecular weight is 323 g/mol. The van der Waals surface area contributed by atoms with Crippen molar-refractivity contribution in [2.24, 2.45) is 5.41 Å². The number of hydrogen-bond acceptors (Lipinski definition) is 5. The highest BCUT2D eigenvalue weighted by Crippen LogP contribution is 2.35. The van der Waals surface area contributed by atoms with E-state index in [2.05, 4.69) is 10.2 Å². The van der Waals surface area contributed by atoms with Crippen LogP contribution in [0.2, 0.25) is 0 Å². The molecule has 0 aromatic carbocycles. The van der Waals surface area contributed by atoms with E-state index >= 15 is 0 Å². The smallest absolute Gasteiger partial charge is 0.311 e. The zero-order chi connectivity index (χ0) is 16.9. The molecular weight excluding hydrogens is 302 g/mol. The predicted octanol–water partition coefficient (Wildman–Crippen LogP) is 0.504. The highest BCUT2D eigenvalue weighted by Gasteiger charge is 2.43. The number of piperidine rings is 1. The summed E-state index contributed by atoms with van der Waals surface area (Å²) in [6.45, 7) is 1.12. The molecule has 0 saturated carbocycles. The Morgan fingerprint density at radius 2 is 2.26 bits per heavy atom. The van der Waals surface area contributed by atoms with Gasteiger partial charge in [0.1, 0.15) is 5.69 Å². The average Bonchev–Trinajstić information content (AvgIpc) is 2.55. The number of nitrogens with one attached hydrogen (secondary N) is 1. The van der Waals surface area contributed by atoms with Gasteiger partial charge < -0.3 is 14.7 Å². The fourth-order valence-corrected chi connectivity index (χ4v) is 2.97. The third-order valence-electron chi connectivity index (χ3n) is 4.22. The quantitative estimate of drug-likeness (QED) is 0.737. The van der Waals surface area contributed by atoms with Gasteiger partial charge in [0.15, 0.2) is 0 Å². The van der Waals surface area contributed by atoms with Gasteiger partial charge in [-0.3, -0.25) is 14.4 Å². The lowest BCUT2D eigenvalue weighted by atomic mass is 9.76. The first-order valence-electron chi connectivity index (χ1n) is 7.56. The van der Waals surface area contributed by atoms with Crippen LogP contribution in [0.4, 0.5) is 0 Å². The number of aromatic amines is 1. The number of carbonyl (C=O) groups excluding carboxylic acids is 1. The second-order valence-corrected chi connectivity index (χ2v) is 5.82. The molecule has 2 rings (SSSR count). The zero-order valence-corrected chi connectivity index (χ0v) is 13.1. The van der Waals surface area contributed by atoms with E-state index in [-0.39, 0.29) is 23.7 Å². The van der Waals surface area contributed by atoms with Gasteiger partial charge in [-0.25, -0.2) is 5.10 Å². The minimum atomic E-state index is -0.950. The molecule has 23 heavy (non-hydrogen) atoms. The molecule has 2 N–H and O–H groups in total. The topological polar surface area (TPSA) is 113 Å². The summed E-state index contributed by atoms with van der Waals surface area (Å²) in [6.07, 6.45) is 2.24. The Morgan fingerprint density at radius 3 is 2.87 bits per heavy atom. The van der Waals surface area contributed by atoms with Crippen molar-refractivity contribution in [1.29, 1.82) is 0 Å². The van der Waals surface area contributed by atoms with E-state index in [9.17, 15) is 19.5 Å². The number of carboxylic acids is 1. The van der Waals surface area contributed by atoms with Crippen LogP contribution >= 0.6 is 0 Å². The molecule has 0 spiro atoms. The van der Waals surface area contributed by atoms with Gasteiger partial charge in [-0.15, -0.1) is 0 Å². The van der Waals surface area contributed by atoms with Gasteiger partial charge in [-0.2, -0.15) is 5.10 Å². The molecule has 0 radical (unpaired) electrons. The number of aliphatic carboxylic acids is 1. The van der Waals surface area contributed by atoms with Gasteiger partial charge in [-0.05, 0) is 31.7 Å². The number of aromatic nitrogens is 2. The van der Waals surface area contributed by atoms with Crippen molar-refractivity contribution in [1.82, 2.24) is 15.1 Å². The van der Waals surface area contributed by atoms with Crippen molar-refractivity contribution in [3.63, 3.8) is 0 Å². The van der Waals surface area contributed by atoms with E-state index in [0.29, 0.717) is 38.8 Å². The molecule has 8 nitrogen and oxygen atoms in total. The van der Waals surface area contributed by atoms with E-state index in [4.69, 9.17) is 4.74 Å². The zero-order valence-electron chi connectivity index (χ0n) is 13.1. The number of rotatable bonds is 6. The predicted molar refractivity (Wildman–Crippen MR) is 81.2 cm³/mol. The van der Waals surface area contributed by atoms with Crippen molar-refractivity contribution >= 4 is 11.9 Å². The highest BCUT2D eigenvalue weighted by molar-refractivity contribution is 5.92. The van der Waals surface area contributed by atoms with Crippen LogP contribution in [0, 0.1) is 5.41 Å². The number of methoxy groups -OCH3 is 1. The van der Waals surface area contributed by atoms with Crippen molar-refractivity contribution in [3.8, 4) is 0 Å². The Hall–Kier alpha value is -2.22. The molecule has 1 fully saturated rings. The molecule has 1 amide bonds. The van der Waals surface area contributed by atoms with E-state index < -0.39 is 11.4 Å². The minimum absolute atomic E-state index is 0.114. The molecule has 2 heterocycles. The normalized spacial score (nSPS) is 21.2. The Morgan fingerprint density at radius 1 is 1.48 bits per heavy atom. The van der Waals surface area contributed by atoms with Crippen LogP contribution in [-0.2, 0) is 9.53 Å². The molecule has 1 atom stereocenters. The number of carboxylic acid groups (broad SMARTS) is 1. The van der Waals surface area contributed by atoms with Crippen molar-refractivity contribution in [3.05, 3.63) is 28.2 Å². The van der Waals surface area contributed by atoms with Crippen LogP contribution in [-0.4, -0.2) is 58.9 Å². The number of amides is 1. The van der Waals surface area contributed by atoms with Gasteiger partial charge in [0.05, 0.1) is 5.41 Å². The molecule has 1 aromatic rings. The van der Waals surface area contributed by atoms with Crippen LogP contribution < -0.4 is 5.56 Å². The summed E-state index contributed by atoms with van der Waals surface area (Å²) >= 11 is 0. The number of ether oxygens (including phenoxy) is 1. The maximum Gasteiger partial charge on any atom is 0.311 e. The highest BCUT2D eigenvalue weighted by atomic mass is 16.5. The Kier molecular flexibility index (Phi) is 5.49. The Labute approximate surface area is 133 Å². The largest absolute Gasteiger partial charge is 0.481 e. The minimum Gasteiger partial charge on any atom is -0.481 e. The SMILES string of the molecule is COCCC[C@@]1(C(=O)O)CCCN(C(=O)c2ccc(=O)[nH]n2)C1. The summed E-state index contributed by atoms with van der Waals surface area (Å²) in [5, 5.41) is 15.6. The van der Waals surface area contributed by atoms with Crippen molar-refractivity contribution < 1.29 is 19.4 Å². The first-order valence-corrected chi connectivity index (χ1v) is 7.56. The Bertz CT molecular complexity index is 609. The molecule has 1 aliphatic rings. The summed E-state index contributed by atoms with van der Waals surface area (Å²) in [4.78, 5) is 36.8. The lowest BCUT2D eigenvalue weighted by molar-refractivity contribution is -0.152. The summed E-state index contributed by atoms with van der Waals surface area (Å²) in [7, 11) is 1.58. The van der Waals surface area contributed by atoms with Gasteiger partial charge in [0, 0.05) is 32.9 Å². The summed E-state index contributed by atoms with van der Waals surface area (Å²) in [6, 6.07) is 2.58. The van der Waals surface area contributed by atoms with Gasteiger partial charge in [-0.1, -0.05) is 0 Å². The third-order valence-corrected chi connectivity index (χ3v) is 4.22. The number of nitrogens with zero attached hydrogens (tertiary/aromatic N) is 2.